The minimum atomic E-state index is -0.462. The molecule has 86 valence electrons. The molecule has 0 atom stereocenters. The van der Waals surface area contributed by atoms with Crippen molar-refractivity contribution >= 4 is 12.2 Å². The molecule has 17 heavy (non-hydrogen) atoms. The molecule has 0 bridgehead atoms. The van der Waals surface area contributed by atoms with E-state index in [4.69, 9.17) is 4.84 Å². The van der Waals surface area contributed by atoms with Crippen molar-refractivity contribution in [2.75, 3.05) is 0 Å². The van der Waals surface area contributed by atoms with Crippen LogP contribution in [0.5, 0.6) is 0 Å². The summed E-state index contributed by atoms with van der Waals surface area (Å²) in [6, 6.07) is 12.5. The largest absolute Gasteiger partial charge is 0.365 e. The van der Waals surface area contributed by atoms with Gasteiger partial charge in [-0.05, 0) is 24.3 Å². The Hall–Kier alpha value is -2.36. The molecule has 4 nitrogen and oxygen atoms in total. The van der Waals surface area contributed by atoms with Crippen molar-refractivity contribution in [3.63, 3.8) is 0 Å². The summed E-state index contributed by atoms with van der Waals surface area (Å²) in [7, 11) is 1.89. The first-order chi connectivity index (χ1) is 8.27. The molecule has 1 heterocycles. The third-order valence-corrected chi connectivity index (χ3v) is 2.31. The van der Waals surface area contributed by atoms with Crippen molar-refractivity contribution in [3.05, 3.63) is 59.9 Å². The van der Waals surface area contributed by atoms with Gasteiger partial charge in [0.25, 0.3) is 0 Å². The van der Waals surface area contributed by atoms with E-state index in [1.165, 1.54) is 6.21 Å². The maximum absolute atomic E-state index is 11.5. The van der Waals surface area contributed by atoms with Crippen LogP contribution in [-0.4, -0.2) is 16.8 Å². The summed E-state index contributed by atoms with van der Waals surface area (Å²) in [6.07, 6.45) is 3.39. The van der Waals surface area contributed by atoms with Crippen molar-refractivity contribution in [1.82, 2.24) is 4.57 Å². The second-order valence-electron chi connectivity index (χ2n) is 3.52. The van der Waals surface area contributed by atoms with E-state index >= 15 is 0 Å². The van der Waals surface area contributed by atoms with Gasteiger partial charge in [-0.3, -0.25) is 0 Å². The van der Waals surface area contributed by atoms with Gasteiger partial charge in [0, 0.05) is 13.2 Å². The Balaban J connectivity index is 1.97. The van der Waals surface area contributed by atoms with Crippen molar-refractivity contribution in [3.8, 4) is 0 Å². The zero-order valence-electron chi connectivity index (χ0n) is 9.41. The van der Waals surface area contributed by atoms with Gasteiger partial charge in [0.2, 0.25) is 0 Å². The molecule has 0 aliphatic carbocycles. The first kappa shape index (κ1) is 11.1. The van der Waals surface area contributed by atoms with E-state index in [9.17, 15) is 4.79 Å². The third kappa shape index (κ3) is 2.81. The molecule has 0 saturated heterocycles. The highest BCUT2D eigenvalue weighted by molar-refractivity contribution is 5.89. The Morgan fingerprint density at radius 2 is 2.00 bits per heavy atom. The minimum Gasteiger partial charge on any atom is -0.350 e. The zero-order valence-corrected chi connectivity index (χ0v) is 9.41. The van der Waals surface area contributed by atoms with Gasteiger partial charge in [-0.15, -0.1) is 0 Å². The van der Waals surface area contributed by atoms with E-state index in [2.05, 4.69) is 5.16 Å². The number of carbonyl (C=O) groups is 1. The lowest BCUT2D eigenvalue weighted by Crippen LogP contribution is -2.01. The highest BCUT2D eigenvalue weighted by atomic mass is 16.7. The van der Waals surface area contributed by atoms with Crippen LogP contribution in [0.4, 0.5) is 0 Å². The summed E-state index contributed by atoms with van der Waals surface area (Å²) in [6.45, 7) is 0. The Kier molecular flexibility index (Phi) is 3.35. The van der Waals surface area contributed by atoms with Crippen LogP contribution in [0.1, 0.15) is 16.1 Å². The Bertz CT molecular complexity index is 529. The second kappa shape index (κ2) is 5.12. The van der Waals surface area contributed by atoms with E-state index in [0.29, 0.717) is 5.56 Å². The SMILES string of the molecule is Cn1cccc1/C=N/OC(=O)c1ccccc1. The molecule has 0 saturated carbocycles. The average molecular weight is 228 g/mol. The van der Waals surface area contributed by atoms with Crippen LogP contribution in [0.3, 0.4) is 0 Å². The van der Waals surface area contributed by atoms with Crippen LogP contribution in [0, 0.1) is 0 Å². The fourth-order valence-corrected chi connectivity index (χ4v) is 1.36. The third-order valence-electron chi connectivity index (χ3n) is 2.31. The first-order valence-electron chi connectivity index (χ1n) is 5.18. The molecule has 0 aliphatic rings. The number of nitrogens with zero attached hydrogens (tertiary/aromatic N) is 2. The maximum Gasteiger partial charge on any atom is 0.365 e. The molecule has 0 aliphatic heterocycles. The molecule has 0 N–H and O–H groups in total. The normalized spacial score (nSPS) is 10.6. The van der Waals surface area contributed by atoms with Crippen LogP contribution in [-0.2, 0) is 11.9 Å². The van der Waals surface area contributed by atoms with Crippen LogP contribution in [0.2, 0.25) is 0 Å². The fourth-order valence-electron chi connectivity index (χ4n) is 1.36. The van der Waals surface area contributed by atoms with Gasteiger partial charge < -0.3 is 9.40 Å². The van der Waals surface area contributed by atoms with Crippen molar-refractivity contribution in [2.45, 2.75) is 0 Å². The Morgan fingerprint density at radius 1 is 1.24 bits per heavy atom. The van der Waals surface area contributed by atoms with Crippen molar-refractivity contribution in [2.24, 2.45) is 12.2 Å². The highest BCUT2D eigenvalue weighted by Crippen LogP contribution is 2.01. The summed E-state index contributed by atoms with van der Waals surface area (Å²) in [4.78, 5) is 16.3. The lowest BCUT2D eigenvalue weighted by molar-refractivity contribution is 0.0519. The van der Waals surface area contributed by atoms with Crippen LogP contribution < -0.4 is 0 Å². The number of aryl methyl sites for hydroxylation is 1. The first-order valence-corrected chi connectivity index (χ1v) is 5.18. The van der Waals surface area contributed by atoms with Gasteiger partial charge >= 0.3 is 5.97 Å². The van der Waals surface area contributed by atoms with Gasteiger partial charge in [-0.1, -0.05) is 23.4 Å². The van der Waals surface area contributed by atoms with Gasteiger partial charge in [-0.2, -0.15) is 0 Å². The number of carbonyl (C=O) groups excluding carboxylic acids is 1. The Labute approximate surface area is 99.1 Å². The number of hydrogen-bond donors (Lipinski definition) is 0. The van der Waals surface area contributed by atoms with Gasteiger partial charge in [0.05, 0.1) is 17.5 Å². The molecule has 2 rings (SSSR count). The molecule has 4 heteroatoms. The topological polar surface area (TPSA) is 43.6 Å². The van der Waals surface area contributed by atoms with E-state index in [-0.39, 0.29) is 0 Å². The summed E-state index contributed by atoms with van der Waals surface area (Å²) in [5.41, 5.74) is 1.35. The molecule has 0 fully saturated rings. The minimum absolute atomic E-state index is 0.462. The van der Waals surface area contributed by atoms with Crippen LogP contribution in [0.15, 0.2) is 53.8 Å². The van der Waals surface area contributed by atoms with Crippen molar-refractivity contribution < 1.29 is 9.63 Å². The standard InChI is InChI=1S/C13H12N2O2/c1-15-9-5-8-12(15)10-14-17-13(16)11-6-3-2-4-7-11/h2-10H,1H3/b14-10+. The lowest BCUT2D eigenvalue weighted by atomic mass is 10.2. The number of rotatable bonds is 3. The zero-order chi connectivity index (χ0) is 12.1. The fraction of sp³-hybridized carbons (Fsp3) is 0.0769. The molecule has 0 spiro atoms. The van der Waals surface area contributed by atoms with Crippen LogP contribution in [0.25, 0.3) is 0 Å². The van der Waals surface area contributed by atoms with Crippen molar-refractivity contribution in [1.29, 1.82) is 0 Å². The molecule has 1 aromatic carbocycles. The highest BCUT2D eigenvalue weighted by Gasteiger charge is 2.04. The summed E-state index contributed by atoms with van der Waals surface area (Å²) >= 11 is 0. The number of benzene rings is 1. The monoisotopic (exact) mass is 228 g/mol. The van der Waals surface area contributed by atoms with E-state index < -0.39 is 5.97 Å². The van der Waals surface area contributed by atoms with Gasteiger partial charge in [-0.25, -0.2) is 4.79 Å². The van der Waals surface area contributed by atoms with Gasteiger partial charge in [0.1, 0.15) is 0 Å². The molecule has 1 aromatic heterocycles. The average Bonchev–Trinajstić information content (AvgIpc) is 2.76. The molecule has 0 radical (unpaired) electrons. The maximum atomic E-state index is 11.5. The quantitative estimate of drug-likeness (QED) is 0.459. The number of aromatic nitrogens is 1. The lowest BCUT2D eigenvalue weighted by Gasteiger charge is -1.97. The van der Waals surface area contributed by atoms with E-state index in [1.807, 2.05) is 36.0 Å². The smallest absolute Gasteiger partial charge is 0.350 e. The number of hydrogen-bond acceptors (Lipinski definition) is 3. The Morgan fingerprint density at radius 3 is 2.65 bits per heavy atom. The predicted molar refractivity (Wildman–Crippen MR) is 64.9 cm³/mol. The molecular weight excluding hydrogens is 216 g/mol. The van der Waals surface area contributed by atoms with E-state index in [1.54, 1.807) is 24.3 Å². The molecule has 0 amide bonds. The number of oxime groups is 1. The van der Waals surface area contributed by atoms with Crippen LogP contribution >= 0.6 is 0 Å². The molecule has 2 aromatic rings. The second-order valence-corrected chi connectivity index (χ2v) is 3.52. The van der Waals surface area contributed by atoms with Gasteiger partial charge in [0.15, 0.2) is 0 Å². The molecular formula is C13H12N2O2. The summed E-state index contributed by atoms with van der Waals surface area (Å²) in [5.74, 6) is -0.462. The summed E-state index contributed by atoms with van der Waals surface area (Å²) in [5, 5.41) is 3.66. The summed E-state index contributed by atoms with van der Waals surface area (Å²) < 4.78 is 1.87. The van der Waals surface area contributed by atoms with E-state index in [0.717, 1.165) is 5.69 Å². The molecule has 0 unspecified atom stereocenters. The predicted octanol–water partition coefficient (Wildman–Crippen LogP) is 2.22.